The molecule has 1 aliphatic carbocycles. The van der Waals surface area contributed by atoms with Crippen molar-refractivity contribution >= 4 is 5.91 Å². The van der Waals surface area contributed by atoms with Gasteiger partial charge in [-0.25, -0.2) is 0 Å². The molecule has 0 saturated heterocycles. The lowest BCUT2D eigenvalue weighted by molar-refractivity contribution is -0.128. The highest BCUT2D eigenvalue weighted by atomic mass is 16.2. The second-order valence-corrected chi connectivity index (χ2v) is 5.05. The van der Waals surface area contributed by atoms with Crippen molar-refractivity contribution in [1.82, 2.24) is 5.32 Å². The van der Waals surface area contributed by atoms with E-state index in [4.69, 9.17) is 0 Å². The zero-order valence-corrected chi connectivity index (χ0v) is 10.5. The summed E-state index contributed by atoms with van der Waals surface area (Å²) in [5.74, 6) is 0.404. The highest BCUT2D eigenvalue weighted by Gasteiger charge is 2.41. The van der Waals surface area contributed by atoms with E-state index in [1.54, 1.807) is 0 Å². The van der Waals surface area contributed by atoms with Crippen LogP contribution in [-0.2, 0) is 4.79 Å². The molecule has 1 rings (SSSR count). The lowest BCUT2D eigenvalue weighted by atomic mass is 9.86. The highest BCUT2D eigenvalue weighted by molar-refractivity contribution is 5.85. The van der Waals surface area contributed by atoms with Crippen molar-refractivity contribution < 1.29 is 4.79 Å². The van der Waals surface area contributed by atoms with Gasteiger partial charge in [-0.15, -0.1) is 0 Å². The van der Waals surface area contributed by atoms with E-state index in [2.05, 4.69) is 25.2 Å². The molecule has 2 atom stereocenters. The van der Waals surface area contributed by atoms with E-state index in [9.17, 15) is 10.1 Å². The molecule has 0 aromatic carbocycles. The van der Waals surface area contributed by atoms with Gasteiger partial charge in [-0.05, 0) is 25.7 Å². The summed E-state index contributed by atoms with van der Waals surface area (Å²) in [6.45, 7) is 6.26. The number of nitrogens with zero attached hydrogens (tertiary/aromatic N) is 1. The Balaban J connectivity index is 2.61. The van der Waals surface area contributed by atoms with E-state index in [0.29, 0.717) is 5.92 Å². The van der Waals surface area contributed by atoms with Crippen molar-refractivity contribution in [2.75, 3.05) is 0 Å². The first-order valence-corrected chi connectivity index (χ1v) is 6.28. The quantitative estimate of drug-likeness (QED) is 0.795. The van der Waals surface area contributed by atoms with Gasteiger partial charge >= 0.3 is 0 Å². The third kappa shape index (κ3) is 2.55. The predicted octanol–water partition coefficient (Wildman–Crippen LogP) is 2.62. The maximum absolute atomic E-state index is 12.1. The molecule has 2 unspecified atom stereocenters. The van der Waals surface area contributed by atoms with Gasteiger partial charge in [0.2, 0.25) is 5.91 Å². The summed E-state index contributed by atoms with van der Waals surface area (Å²) in [4.78, 5) is 12.1. The molecule has 1 fully saturated rings. The van der Waals surface area contributed by atoms with Crippen molar-refractivity contribution in [3.05, 3.63) is 0 Å². The maximum atomic E-state index is 12.1. The van der Waals surface area contributed by atoms with Gasteiger partial charge in [0.15, 0.2) is 0 Å². The molecule has 1 amide bonds. The molecule has 0 bridgehead atoms. The van der Waals surface area contributed by atoms with E-state index >= 15 is 0 Å². The summed E-state index contributed by atoms with van der Waals surface area (Å²) in [5.41, 5.74) is -0.734. The van der Waals surface area contributed by atoms with Crippen molar-refractivity contribution in [2.45, 2.75) is 58.9 Å². The summed E-state index contributed by atoms with van der Waals surface area (Å²) in [6, 6.07) is 2.38. The van der Waals surface area contributed by atoms with Crippen LogP contribution in [0.15, 0.2) is 0 Å². The fraction of sp³-hybridized carbons (Fsp3) is 0.846. The molecule has 0 radical (unpaired) electrons. The second-order valence-electron chi connectivity index (χ2n) is 5.05. The van der Waals surface area contributed by atoms with Gasteiger partial charge in [0.05, 0.1) is 6.07 Å². The van der Waals surface area contributed by atoms with Crippen LogP contribution < -0.4 is 5.32 Å². The van der Waals surface area contributed by atoms with Crippen molar-refractivity contribution in [3.8, 4) is 6.07 Å². The van der Waals surface area contributed by atoms with Crippen LogP contribution in [0.3, 0.4) is 0 Å². The van der Waals surface area contributed by atoms with Crippen molar-refractivity contribution in [3.63, 3.8) is 0 Å². The third-order valence-corrected chi connectivity index (χ3v) is 3.96. The molecule has 0 heterocycles. The Morgan fingerprint density at radius 2 is 2.00 bits per heavy atom. The van der Waals surface area contributed by atoms with Crippen molar-refractivity contribution in [1.29, 1.82) is 5.26 Å². The lowest BCUT2D eigenvalue weighted by Gasteiger charge is -2.25. The van der Waals surface area contributed by atoms with Crippen molar-refractivity contribution in [2.24, 2.45) is 11.3 Å². The molecule has 3 heteroatoms. The molecule has 90 valence electrons. The van der Waals surface area contributed by atoms with E-state index in [-0.39, 0.29) is 11.9 Å². The summed E-state index contributed by atoms with van der Waals surface area (Å²) in [6.07, 6.45) is 4.49. The smallest absolute Gasteiger partial charge is 0.240 e. The van der Waals surface area contributed by atoms with Crippen LogP contribution >= 0.6 is 0 Å². The largest absolute Gasteiger partial charge is 0.352 e. The fourth-order valence-corrected chi connectivity index (χ4v) is 2.21. The minimum Gasteiger partial charge on any atom is -0.352 e. The van der Waals surface area contributed by atoms with Gasteiger partial charge in [0.25, 0.3) is 0 Å². The standard InChI is InChI=1S/C13H22N2O/c1-4-10(2)11(3)15-12(16)13(9-14)7-5-6-8-13/h10-11H,4-8H2,1-3H3,(H,15,16). The highest BCUT2D eigenvalue weighted by Crippen LogP contribution is 2.37. The Labute approximate surface area is 98.2 Å². The summed E-state index contributed by atoms with van der Waals surface area (Å²) >= 11 is 0. The first-order valence-electron chi connectivity index (χ1n) is 6.28. The van der Waals surface area contributed by atoms with Gasteiger partial charge in [-0.2, -0.15) is 5.26 Å². The van der Waals surface area contributed by atoms with Crippen LogP contribution in [0.25, 0.3) is 0 Å². The Morgan fingerprint density at radius 1 is 1.44 bits per heavy atom. The maximum Gasteiger partial charge on any atom is 0.240 e. The number of hydrogen-bond donors (Lipinski definition) is 1. The zero-order valence-electron chi connectivity index (χ0n) is 10.5. The molecular weight excluding hydrogens is 200 g/mol. The Morgan fingerprint density at radius 3 is 2.44 bits per heavy atom. The SMILES string of the molecule is CCC(C)C(C)NC(=O)C1(C#N)CCCC1. The first kappa shape index (κ1) is 13.0. The third-order valence-electron chi connectivity index (χ3n) is 3.96. The number of amides is 1. The number of carbonyl (C=O) groups is 1. The summed E-state index contributed by atoms with van der Waals surface area (Å²) in [7, 11) is 0. The van der Waals surface area contributed by atoms with Gasteiger partial charge < -0.3 is 5.32 Å². The number of carbonyl (C=O) groups excluding carboxylic acids is 1. The zero-order chi connectivity index (χ0) is 12.2. The Kier molecular flexibility index (Phi) is 4.35. The molecule has 1 aliphatic rings. The van der Waals surface area contributed by atoms with Crippen LogP contribution in [0, 0.1) is 22.7 Å². The molecular formula is C13H22N2O. The average Bonchev–Trinajstić information content (AvgIpc) is 2.77. The monoisotopic (exact) mass is 222 g/mol. The van der Waals surface area contributed by atoms with Gasteiger partial charge in [-0.1, -0.05) is 33.1 Å². The molecule has 0 aromatic heterocycles. The van der Waals surface area contributed by atoms with Crippen LogP contribution in [0.1, 0.15) is 52.9 Å². The molecule has 0 aromatic rings. The van der Waals surface area contributed by atoms with Crippen LogP contribution in [0.2, 0.25) is 0 Å². The fourth-order valence-electron chi connectivity index (χ4n) is 2.21. The number of nitriles is 1. The minimum atomic E-state index is -0.734. The topological polar surface area (TPSA) is 52.9 Å². The van der Waals surface area contributed by atoms with E-state index in [1.807, 2.05) is 6.92 Å². The number of rotatable bonds is 4. The average molecular weight is 222 g/mol. The molecule has 1 saturated carbocycles. The van der Waals surface area contributed by atoms with Gasteiger partial charge in [-0.3, -0.25) is 4.79 Å². The lowest BCUT2D eigenvalue weighted by Crippen LogP contribution is -2.45. The van der Waals surface area contributed by atoms with E-state index in [0.717, 1.165) is 32.1 Å². The Hall–Kier alpha value is -1.04. The summed E-state index contributed by atoms with van der Waals surface area (Å²) < 4.78 is 0. The first-order chi connectivity index (χ1) is 7.55. The molecule has 1 N–H and O–H groups in total. The van der Waals surface area contributed by atoms with Crippen LogP contribution in [-0.4, -0.2) is 11.9 Å². The Bertz CT molecular complexity index is 287. The van der Waals surface area contributed by atoms with Crippen LogP contribution in [0.5, 0.6) is 0 Å². The van der Waals surface area contributed by atoms with E-state index < -0.39 is 5.41 Å². The van der Waals surface area contributed by atoms with Gasteiger partial charge in [0.1, 0.15) is 5.41 Å². The minimum absolute atomic E-state index is 0.0553. The van der Waals surface area contributed by atoms with Gasteiger partial charge in [0, 0.05) is 6.04 Å². The molecule has 3 nitrogen and oxygen atoms in total. The molecule has 0 spiro atoms. The normalized spacial score (nSPS) is 22.1. The van der Waals surface area contributed by atoms with E-state index in [1.165, 1.54) is 0 Å². The molecule has 0 aliphatic heterocycles. The second kappa shape index (κ2) is 5.34. The summed E-state index contributed by atoms with van der Waals surface area (Å²) in [5, 5.41) is 12.2. The van der Waals surface area contributed by atoms with Crippen LogP contribution in [0.4, 0.5) is 0 Å². The number of hydrogen-bond acceptors (Lipinski definition) is 2. The number of nitrogens with one attached hydrogen (secondary N) is 1. The molecule has 16 heavy (non-hydrogen) atoms. The predicted molar refractivity (Wildman–Crippen MR) is 63.6 cm³/mol.